The van der Waals surface area contributed by atoms with Gasteiger partial charge in [-0.1, -0.05) is 97.1 Å². The molecule has 2 radical (unpaired) electrons. The second kappa shape index (κ2) is 33.8. The molecular formula is C34H32CdCu2N10O4. The third-order valence-electron chi connectivity index (χ3n) is 5.75. The summed E-state index contributed by atoms with van der Waals surface area (Å²) in [5, 5.41) is 45.7. The van der Waals surface area contributed by atoms with Gasteiger partial charge in [-0.3, -0.25) is 29.8 Å². The molecule has 0 unspecified atom stereocenters. The van der Waals surface area contributed by atoms with Crippen LogP contribution in [0.25, 0.3) is 31.9 Å². The molecule has 0 saturated carbocycles. The van der Waals surface area contributed by atoms with Crippen LogP contribution in [0.2, 0.25) is 0 Å². The SMILES string of the molecule is [Cd+2].[Cu+2].[Cu+2].[N-]=[N+]=[N-].[N-]=[N+]=[N-].[O-]c1ccccc1C=NCCCN=Cc1ccccc1[O-].[O-]c1ccccc1C=NCCCN=Cc1ccccc1[O-]. The quantitative estimate of drug-likeness (QED) is 0.0461. The summed E-state index contributed by atoms with van der Waals surface area (Å²) in [5.41, 5.74) is 29.4. The minimum absolute atomic E-state index is 0. The predicted molar refractivity (Wildman–Crippen MR) is 183 cm³/mol. The molecule has 0 aromatic heterocycles. The molecule has 14 nitrogen and oxygen atoms in total. The molecule has 4 rings (SSSR count). The van der Waals surface area contributed by atoms with Gasteiger partial charge in [-0.2, -0.15) is 0 Å². The third-order valence-corrected chi connectivity index (χ3v) is 5.75. The molecule has 0 aliphatic carbocycles. The molecule has 0 amide bonds. The van der Waals surface area contributed by atoms with Crippen molar-refractivity contribution in [3.63, 3.8) is 0 Å². The molecule has 0 aliphatic rings. The van der Waals surface area contributed by atoms with E-state index in [1.165, 1.54) is 34.1 Å². The van der Waals surface area contributed by atoms with Crippen molar-refractivity contribution in [2.45, 2.75) is 12.8 Å². The maximum Gasteiger partial charge on any atom is 2.00 e. The Kier molecular flexibility index (Phi) is 33.6. The van der Waals surface area contributed by atoms with E-state index < -0.39 is 0 Å². The van der Waals surface area contributed by atoms with Crippen molar-refractivity contribution in [2.24, 2.45) is 20.0 Å². The summed E-state index contributed by atoms with van der Waals surface area (Å²) in [6.07, 6.45) is 7.93. The van der Waals surface area contributed by atoms with Gasteiger partial charge in [0, 0.05) is 51.0 Å². The second-order valence-electron chi connectivity index (χ2n) is 9.18. The first-order chi connectivity index (χ1) is 23.4. The van der Waals surface area contributed by atoms with Crippen molar-refractivity contribution in [1.29, 1.82) is 0 Å². The van der Waals surface area contributed by atoms with Gasteiger partial charge in [0.15, 0.2) is 0 Å². The summed E-state index contributed by atoms with van der Waals surface area (Å²) in [6.45, 7) is 2.41. The van der Waals surface area contributed by atoms with Crippen LogP contribution in [0, 0.1) is 0 Å². The Morgan fingerprint density at radius 3 is 0.765 bits per heavy atom. The largest absolute Gasteiger partial charge is 2.00 e. The molecule has 0 heterocycles. The first-order valence-electron chi connectivity index (χ1n) is 14.4. The summed E-state index contributed by atoms with van der Waals surface area (Å²) in [7, 11) is 0. The Balaban J connectivity index is -0.000000744. The number of benzene rings is 4. The van der Waals surface area contributed by atoms with E-state index in [-0.39, 0.29) is 84.4 Å². The second-order valence-corrected chi connectivity index (χ2v) is 9.18. The number of aliphatic imine (C=N–C) groups is 4. The Morgan fingerprint density at radius 1 is 0.412 bits per heavy atom. The third kappa shape index (κ3) is 24.2. The van der Waals surface area contributed by atoms with Gasteiger partial charge >= 0.3 is 61.4 Å². The number of para-hydroxylation sites is 4. The van der Waals surface area contributed by atoms with E-state index in [1.54, 1.807) is 73.4 Å². The zero-order chi connectivity index (χ0) is 35.2. The maximum absolute atomic E-state index is 11.4. The van der Waals surface area contributed by atoms with E-state index in [0.717, 1.165) is 12.8 Å². The number of rotatable bonds is 12. The molecule has 266 valence electrons. The molecule has 0 aliphatic heterocycles. The fourth-order valence-corrected chi connectivity index (χ4v) is 3.51. The maximum atomic E-state index is 11.4. The van der Waals surface area contributed by atoms with Crippen LogP contribution in [0.1, 0.15) is 35.1 Å². The molecule has 51 heavy (non-hydrogen) atoms. The fraction of sp³-hybridized carbons (Fsp3) is 0.176. The van der Waals surface area contributed by atoms with Crippen molar-refractivity contribution in [3.05, 3.63) is 151 Å². The van der Waals surface area contributed by atoms with Gasteiger partial charge in [0.2, 0.25) is 0 Å². The van der Waals surface area contributed by atoms with Gasteiger partial charge in [-0.05, 0) is 35.1 Å². The van der Waals surface area contributed by atoms with Gasteiger partial charge < -0.3 is 42.6 Å². The van der Waals surface area contributed by atoms with Gasteiger partial charge in [0.25, 0.3) is 0 Å². The smallest absolute Gasteiger partial charge is 0.872 e. The molecular weight excluding hydrogens is 852 g/mol. The molecule has 4 aromatic rings. The van der Waals surface area contributed by atoms with Crippen molar-refractivity contribution < 1.29 is 81.9 Å². The Bertz CT molecular complexity index is 1480. The van der Waals surface area contributed by atoms with Gasteiger partial charge in [-0.15, -0.1) is 23.0 Å². The van der Waals surface area contributed by atoms with E-state index in [9.17, 15) is 20.4 Å². The standard InChI is InChI=1S/2C17H18N2O2.Cd.2Cu.2N3/c2*20-16-8-3-1-6-14(16)12-18-10-5-11-19-13-15-7-2-4-9-17(15)21;;;;2*1-3-2/h2*1-4,6-9,12-13,20-21H,5,10-11H2;;;;;/q;;3*+2;2*-1/p-4. The van der Waals surface area contributed by atoms with E-state index in [0.29, 0.717) is 48.4 Å². The topological polar surface area (TPSA) is 259 Å². The average Bonchev–Trinajstić information content (AvgIpc) is 3.08. The normalized spacial score (nSPS) is 9.73. The molecule has 0 N–H and O–H groups in total. The van der Waals surface area contributed by atoms with Crippen LogP contribution in [0.15, 0.2) is 117 Å². The van der Waals surface area contributed by atoms with Crippen molar-refractivity contribution in [3.8, 4) is 23.0 Å². The molecule has 0 fully saturated rings. The number of hydrogen-bond acceptors (Lipinski definition) is 8. The fourth-order valence-electron chi connectivity index (χ4n) is 3.51. The Labute approximate surface area is 337 Å². The zero-order valence-electron chi connectivity index (χ0n) is 27.2. The zero-order valence-corrected chi connectivity index (χ0v) is 33.1. The van der Waals surface area contributed by atoms with Crippen LogP contribution in [-0.4, -0.2) is 51.0 Å². The first-order valence-corrected chi connectivity index (χ1v) is 14.4. The summed E-state index contributed by atoms with van der Waals surface area (Å²) in [5.74, 6) is -0.0877. The summed E-state index contributed by atoms with van der Waals surface area (Å²) >= 11 is 0. The number of hydrogen-bond donors (Lipinski definition) is 0. The molecule has 0 saturated heterocycles. The van der Waals surface area contributed by atoms with Crippen LogP contribution in [0.5, 0.6) is 23.0 Å². The molecule has 17 heteroatoms. The van der Waals surface area contributed by atoms with Crippen LogP contribution in [-0.2, 0) is 61.4 Å². The van der Waals surface area contributed by atoms with Crippen molar-refractivity contribution in [2.75, 3.05) is 26.2 Å². The van der Waals surface area contributed by atoms with Crippen molar-refractivity contribution >= 4 is 24.9 Å². The van der Waals surface area contributed by atoms with Gasteiger partial charge in [0.05, 0.1) is 0 Å². The minimum atomic E-state index is -0.0219. The van der Waals surface area contributed by atoms with E-state index in [4.69, 9.17) is 22.1 Å². The summed E-state index contributed by atoms with van der Waals surface area (Å²) in [4.78, 5) is 19.8. The molecule has 4 aromatic carbocycles. The van der Waals surface area contributed by atoms with Crippen LogP contribution in [0.3, 0.4) is 0 Å². The first kappa shape index (κ1) is 50.7. The van der Waals surface area contributed by atoms with Gasteiger partial charge in [0.1, 0.15) is 0 Å². The van der Waals surface area contributed by atoms with E-state index >= 15 is 0 Å². The van der Waals surface area contributed by atoms with Crippen LogP contribution in [0.4, 0.5) is 0 Å². The van der Waals surface area contributed by atoms with Crippen molar-refractivity contribution in [1.82, 2.24) is 0 Å². The minimum Gasteiger partial charge on any atom is -0.872 e. The monoisotopic (exact) mass is 884 g/mol. The Hall–Kier alpha value is -4.66. The average molecular weight is 884 g/mol. The van der Waals surface area contributed by atoms with E-state index in [1.807, 2.05) is 24.3 Å². The Morgan fingerprint density at radius 2 is 0.588 bits per heavy atom. The summed E-state index contributed by atoms with van der Waals surface area (Å²) in [6, 6.07) is 27.2. The van der Waals surface area contributed by atoms with Crippen LogP contribution < -0.4 is 20.4 Å². The molecule has 0 spiro atoms. The van der Waals surface area contributed by atoms with Gasteiger partial charge in [-0.25, -0.2) is 0 Å². The van der Waals surface area contributed by atoms with Crippen LogP contribution >= 0.6 is 0 Å². The predicted octanol–water partition coefficient (Wildman–Crippen LogP) is 5.25. The summed E-state index contributed by atoms with van der Waals surface area (Å²) < 4.78 is 0. The molecule has 0 atom stereocenters. The number of nitrogens with zero attached hydrogens (tertiary/aromatic N) is 10. The molecule has 0 bridgehead atoms. The van der Waals surface area contributed by atoms with E-state index in [2.05, 4.69) is 20.0 Å².